The smallest absolute Gasteiger partial charge is 0.196 e. The van der Waals surface area contributed by atoms with Crippen molar-refractivity contribution in [3.05, 3.63) is 48.4 Å². The number of carbonyl (C=O) groups excluding carboxylic acids is 1. The predicted molar refractivity (Wildman–Crippen MR) is 120 cm³/mol. The highest BCUT2D eigenvalue weighted by atomic mass is 32.2. The summed E-state index contributed by atoms with van der Waals surface area (Å²) in [5.74, 6) is 4.81. The number of aryl methyl sites for hydroxylation is 1. The van der Waals surface area contributed by atoms with Crippen LogP contribution >= 0.6 is 11.8 Å². The quantitative estimate of drug-likeness (QED) is 0.466. The van der Waals surface area contributed by atoms with E-state index < -0.39 is 0 Å². The number of aromatic nitrogens is 3. The van der Waals surface area contributed by atoms with Gasteiger partial charge in [-0.15, -0.1) is 10.2 Å². The summed E-state index contributed by atoms with van der Waals surface area (Å²) in [7, 11) is 0. The van der Waals surface area contributed by atoms with Gasteiger partial charge in [0, 0.05) is 11.1 Å². The summed E-state index contributed by atoms with van der Waals surface area (Å²) in [4.78, 5) is 13.5. The van der Waals surface area contributed by atoms with Crippen molar-refractivity contribution in [1.29, 1.82) is 0 Å². The standard InChI is InChI=1S/C25H27N3O2S/c1-16-21(7-8-30-16)23-26-27-24(28(23)20-5-3-2-4-6-20)31-15-22(29)25-12-17-9-18(13-25)11-19(10-17)14-25/h2-8,17-19H,9-15H2,1H3. The summed E-state index contributed by atoms with van der Waals surface area (Å²) in [6.45, 7) is 1.93. The van der Waals surface area contributed by atoms with E-state index in [1.165, 1.54) is 31.0 Å². The fraction of sp³-hybridized carbons (Fsp3) is 0.480. The minimum Gasteiger partial charge on any atom is -0.469 e. The average molecular weight is 434 g/mol. The van der Waals surface area contributed by atoms with Gasteiger partial charge < -0.3 is 4.42 Å². The van der Waals surface area contributed by atoms with Gasteiger partial charge in [-0.05, 0) is 81.4 Å². The van der Waals surface area contributed by atoms with Crippen LogP contribution in [0.4, 0.5) is 0 Å². The van der Waals surface area contributed by atoms with E-state index in [1.54, 1.807) is 6.26 Å². The van der Waals surface area contributed by atoms with Crippen LogP contribution in [0.5, 0.6) is 0 Å². The highest BCUT2D eigenvalue weighted by Gasteiger charge is 2.54. The number of hydrogen-bond donors (Lipinski definition) is 0. The highest BCUT2D eigenvalue weighted by Crippen LogP contribution is 2.60. The van der Waals surface area contributed by atoms with Crippen LogP contribution in [0.25, 0.3) is 17.1 Å². The van der Waals surface area contributed by atoms with Gasteiger partial charge in [0.25, 0.3) is 0 Å². The van der Waals surface area contributed by atoms with E-state index in [-0.39, 0.29) is 5.41 Å². The largest absolute Gasteiger partial charge is 0.469 e. The maximum atomic E-state index is 13.5. The van der Waals surface area contributed by atoms with Gasteiger partial charge in [-0.3, -0.25) is 9.36 Å². The summed E-state index contributed by atoms with van der Waals surface area (Å²) in [5, 5.41) is 9.74. The highest BCUT2D eigenvalue weighted by molar-refractivity contribution is 7.99. The Morgan fingerprint density at radius 2 is 1.74 bits per heavy atom. The first-order valence-corrected chi connectivity index (χ1v) is 12.3. The fourth-order valence-electron chi connectivity index (χ4n) is 6.70. The molecule has 0 saturated heterocycles. The van der Waals surface area contributed by atoms with Crippen LogP contribution in [0.15, 0.2) is 52.2 Å². The Hall–Kier alpha value is -2.34. The fourth-order valence-corrected chi connectivity index (χ4v) is 7.69. The first-order chi connectivity index (χ1) is 15.1. The minimum absolute atomic E-state index is 0.0661. The van der Waals surface area contributed by atoms with Crippen LogP contribution in [-0.2, 0) is 4.79 Å². The van der Waals surface area contributed by atoms with Crippen LogP contribution in [0, 0.1) is 30.1 Å². The average Bonchev–Trinajstić information content (AvgIpc) is 3.37. The lowest BCUT2D eigenvalue weighted by atomic mass is 9.48. The molecule has 7 rings (SSSR count). The number of hydrogen-bond acceptors (Lipinski definition) is 5. The molecule has 2 aromatic heterocycles. The molecule has 2 heterocycles. The number of furan rings is 1. The molecule has 4 bridgehead atoms. The minimum atomic E-state index is -0.0661. The normalized spacial score (nSPS) is 28.9. The SMILES string of the molecule is Cc1occc1-c1nnc(SCC(=O)C23CC4CC(CC(C4)C2)C3)n1-c1ccccc1. The Labute approximate surface area is 186 Å². The Bertz CT molecular complexity index is 1080. The van der Waals surface area contributed by atoms with E-state index in [2.05, 4.69) is 14.8 Å². The van der Waals surface area contributed by atoms with Crippen LogP contribution in [0.3, 0.4) is 0 Å². The number of nitrogens with zero attached hydrogens (tertiary/aromatic N) is 3. The van der Waals surface area contributed by atoms with Crippen LogP contribution < -0.4 is 0 Å². The molecule has 4 fully saturated rings. The number of Topliss-reactive ketones (excluding diaryl/α,β-unsaturated/α-hetero) is 1. The predicted octanol–water partition coefficient (Wildman–Crippen LogP) is 5.71. The van der Waals surface area contributed by atoms with Gasteiger partial charge in [0.05, 0.1) is 17.6 Å². The van der Waals surface area contributed by atoms with Crippen LogP contribution in [0.2, 0.25) is 0 Å². The van der Waals surface area contributed by atoms with Crippen molar-refractivity contribution in [2.45, 2.75) is 50.6 Å². The molecule has 0 radical (unpaired) electrons. The molecule has 0 atom stereocenters. The van der Waals surface area contributed by atoms with Gasteiger partial charge >= 0.3 is 0 Å². The van der Waals surface area contributed by atoms with Crippen LogP contribution in [0.1, 0.15) is 44.3 Å². The third kappa shape index (κ3) is 3.27. The Morgan fingerprint density at radius 1 is 1.06 bits per heavy atom. The molecule has 4 saturated carbocycles. The molecule has 0 aliphatic heterocycles. The number of benzene rings is 1. The maximum Gasteiger partial charge on any atom is 0.196 e. The molecule has 1 aromatic carbocycles. The van der Waals surface area contributed by atoms with Crippen molar-refractivity contribution in [1.82, 2.24) is 14.8 Å². The molecule has 160 valence electrons. The third-order valence-corrected chi connectivity index (χ3v) is 8.64. The Kier molecular flexibility index (Phi) is 4.60. The molecule has 5 nitrogen and oxygen atoms in total. The molecule has 0 spiro atoms. The Morgan fingerprint density at radius 3 is 2.35 bits per heavy atom. The van der Waals surface area contributed by atoms with E-state index in [9.17, 15) is 4.79 Å². The van der Waals surface area contributed by atoms with Gasteiger partial charge in [0.2, 0.25) is 0 Å². The number of rotatable bonds is 6. The summed E-state index contributed by atoms with van der Waals surface area (Å²) >= 11 is 1.53. The van der Waals surface area contributed by atoms with E-state index in [0.717, 1.165) is 65.0 Å². The van der Waals surface area contributed by atoms with Crippen molar-refractivity contribution in [3.63, 3.8) is 0 Å². The second-order valence-electron chi connectivity index (χ2n) is 9.78. The maximum absolute atomic E-state index is 13.5. The van der Waals surface area contributed by atoms with Crippen molar-refractivity contribution in [3.8, 4) is 17.1 Å². The molecule has 4 aliphatic rings. The summed E-state index contributed by atoms with van der Waals surface area (Å²) in [6, 6.07) is 12.0. The molecule has 3 aromatic rings. The van der Waals surface area contributed by atoms with Gasteiger partial charge in [-0.25, -0.2) is 0 Å². The zero-order chi connectivity index (χ0) is 21.0. The number of para-hydroxylation sites is 1. The van der Waals surface area contributed by atoms with E-state index in [4.69, 9.17) is 4.42 Å². The van der Waals surface area contributed by atoms with Crippen LogP contribution in [-0.4, -0.2) is 26.3 Å². The van der Waals surface area contributed by atoms with Crippen molar-refractivity contribution < 1.29 is 9.21 Å². The third-order valence-electron chi connectivity index (χ3n) is 7.71. The van der Waals surface area contributed by atoms with Gasteiger partial charge in [0.1, 0.15) is 11.5 Å². The van der Waals surface area contributed by atoms with Crippen molar-refractivity contribution in [2.24, 2.45) is 23.2 Å². The molecule has 4 aliphatic carbocycles. The molecular weight excluding hydrogens is 406 g/mol. The van der Waals surface area contributed by atoms with Gasteiger partial charge in [-0.2, -0.15) is 0 Å². The van der Waals surface area contributed by atoms with Crippen molar-refractivity contribution >= 4 is 17.5 Å². The molecule has 0 amide bonds. The summed E-state index contributed by atoms with van der Waals surface area (Å²) in [6.07, 6.45) is 9.09. The van der Waals surface area contributed by atoms with Gasteiger partial charge in [-0.1, -0.05) is 30.0 Å². The second kappa shape index (κ2) is 7.37. The van der Waals surface area contributed by atoms with E-state index in [1.807, 2.05) is 43.3 Å². The second-order valence-corrected chi connectivity index (χ2v) is 10.7. The molecule has 0 unspecified atom stereocenters. The zero-order valence-electron chi connectivity index (χ0n) is 17.8. The molecule has 0 N–H and O–H groups in total. The number of thioether (sulfide) groups is 1. The lowest BCUT2D eigenvalue weighted by molar-refractivity contribution is -0.141. The first-order valence-electron chi connectivity index (χ1n) is 11.3. The van der Waals surface area contributed by atoms with Crippen molar-refractivity contribution in [2.75, 3.05) is 5.75 Å². The molecular formula is C25H27N3O2S. The monoisotopic (exact) mass is 433 g/mol. The number of ketones is 1. The van der Waals surface area contributed by atoms with Gasteiger partial charge in [0.15, 0.2) is 11.0 Å². The zero-order valence-corrected chi connectivity index (χ0v) is 18.6. The van der Waals surface area contributed by atoms with E-state index >= 15 is 0 Å². The summed E-state index contributed by atoms with van der Waals surface area (Å²) in [5.41, 5.74) is 1.85. The summed E-state index contributed by atoms with van der Waals surface area (Å²) < 4.78 is 7.56. The Balaban J connectivity index is 1.29. The lowest BCUT2D eigenvalue weighted by Crippen LogP contribution is -2.50. The lowest BCUT2D eigenvalue weighted by Gasteiger charge is -2.56. The molecule has 6 heteroatoms. The first kappa shape index (κ1) is 19.4. The topological polar surface area (TPSA) is 60.9 Å². The number of carbonyl (C=O) groups is 1. The molecule has 31 heavy (non-hydrogen) atoms. The van der Waals surface area contributed by atoms with E-state index in [0.29, 0.717) is 11.5 Å².